The molecule has 1 aromatic rings. The third kappa shape index (κ3) is 3.98. The molecule has 1 heterocycles. The summed E-state index contributed by atoms with van der Waals surface area (Å²) in [5, 5.41) is 19.1. The van der Waals surface area contributed by atoms with Crippen LogP contribution in [0.5, 0.6) is 0 Å². The molecule has 0 spiro atoms. The minimum atomic E-state index is -0.159. The number of rotatable bonds is 6. The maximum absolute atomic E-state index is 11.5. The molecular weight excluding hydrogens is 208 g/mol. The molecule has 6 nitrogen and oxygen atoms in total. The van der Waals surface area contributed by atoms with E-state index in [0.717, 1.165) is 12.8 Å². The predicted octanol–water partition coefficient (Wildman–Crippen LogP) is 0.0752. The lowest BCUT2D eigenvalue weighted by molar-refractivity contribution is -0.122. The second-order valence-corrected chi connectivity index (χ2v) is 3.82. The summed E-state index contributed by atoms with van der Waals surface area (Å²) in [5.74, 6) is -0.0876. The van der Waals surface area contributed by atoms with Crippen molar-refractivity contribution in [2.45, 2.75) is 45.9 Å². The Morgan fingerprint density at radius 3 is 3.00 bits per heavy atom. The number of carbonyl (C=O) groups is 1. The molecule has 16 heavy (non-hydrogen) atoms. The molecule has 1 atom stereocenters. The molecule has 0 fully saturated rings. The van der Waals surface area contributed by atoms with Gasteiger partial charge in [-0.15, -0.1) is 5.10 Å². The quantitative estimate of drug-likeness (QED) is 0.719. The van der Waals surface area contributed by atoms with Crippen molar-refractivity contribution in [3.05, 3.63) is 11.9 Å². The van der Waals surface area contributed by atoms with E-state index in [1.54, 1.807) is 6.20 Å². The van der Waals surface area contributed by atoms with Gasteiger partial charge in [-0.3, -0.25) is 4.79 Å². The van der Waals surface area contributed by atoms with Crippen molar-refractivity contribution in [1.82, 2.24) is 20.3 Å². The van der Waals surface area contributed by atoms with Crippen LogP contribution in [0.15, 0.2) is 6.20 Å². The smallest absolute Gasteiger partial charge is 0.242 e. The first kappa shape index (κ1) is 12.6. The van der Waals surface area contributed by atoms with Gasteiger partial charge in [0.25, 0.3) is 0 Å². The summed E-state index contributed by atoms with van der Waals surface area (Å²) < 4.78 is 1.42. The number of amides is 1. The van der Waals surface area contributed by atoms with Crippen LogP contribution in [0, 0.1) is 0 Å². The van der Waals surface area contributed by atoms with Crippen molar-refractivity contribution in [3.8, 4) is 0 Å². The number of aromatic nitrogens is 3. The molecule has 0 saturated heterocycles. The number of hydrogen-bond acceptors (Lipinski definition) is 4. The Bertz CT molecular complexity index is 337. The standard InChI is InChI=1S/C10H18N4O2/c1-3-4-8(2)11-10(16)6-14-5-9(7-15)12-13-14/h5,8,15H,3-4,6-7H2,1-2H3,(H,11,16). The SMILES string of the molecule is CCCC(C)NC(=O)Cn1cc(CO)nn1. The van der Waals surface area contributed by atoms with Crippen LogP contribution in [0.2, 0.25) is 0 Å². The fraction of sp³-hybridized carbons (Fsp3) is 0.700. The number of nitrogens with zero attached hydrogens (tertiary/aromatic N) is 3. The van der Waals surface area contributed by atoms with Crippen molar-refractivity contribution in [2.75, 3.05) is 0 Å². The van der Waals surface area contributed by atoms with Gasteiger partial charge in [0.05, 0.1) is 12.8 Å². The van der Waals surface area contributed by atoms with Crippen LogP contribution in [0.3, 0.4) is 0 Å². The summed E-state index contributed by atoms with van der Waals surface area (Å²) in [7, 11) is 0. The summed E-state index contributed by atoms with van der Waals surface area (Å²) in [6, 6.07) is 0.179. The van der Waals surface area contributed by atoms with Gasteiger partial charge in [-0.1, -0.05) is 18.6 Å². The highest BCUT2D eigenvalue weighted by molar-refractivity contribution is 5.75. The maximum atomic E-state index is 11.5. The van der Waals surface area contributed by atoms with Crippen LogP contribution in [-0.4, -0.2) is 32.0 Å². The van der Waals surface area contributed by atoms with E-state index < -0.39 is 0 Å². The molecule has 1 amide bonds. The Morgan fingerprint density at radius 2 is 2.44 bits per heavy atom. The summed E-state index contributed by atoms with van der Waals surface area (Å²) in [5.41, 5.74) is 0.467. The second kappa shape index (κ2) is 6.22. The highest BCUT2D eigenvalue weighted by Gasteiger charge is 2.08. The van der Waals surface area contributed by atoms with E-state index in [0.29, 0.717) is 5.69 Å². The minimum Gasteiger partial charge on any atom is -0.390 e. The van der Waals surface area contributed by atoms with Crippen molar-refractivity contribution in [2.24, 2.45) is 0 Å². The van der Waals surface area contributed by atoms with E-state index in [9.17, 15) is 4.79 Å². The lowest BCUT2D eigenvalue weighted by Gasteiger charge is -2.12. The molecule has 0 bridgehead atoms. The average Bonchev–Trinajstić information content (AvgIpc) is 2.65. The third-order valence-electron chi connectivity index (χ3n) is 2.18. The van der Waals surface area contributed by atoms with Crippen LogP contribution in [-0.2, 0) is 17.9 Å². The van der Waals surface area contributed by atoms with E-state index >= 15 is 0 Å². The molecule has 0 saturated carbocycles. The van der Waals surface area contributed by atoms with Gasteiger partial charge >= 0.3 is 0 Å². The van der Waals surface area contributed by atoms with Crippen LogP contribution in [0.25, 0.3) is 0 Å². The molecule has 0 radical (unpaired) electrons. The van der Waals surface area contributed by atoms with Crippen molar-refractivity contribution in [1.29, 1.82) is 0 Å². The molecule has 0 aliphatic carbocycles. The first-order chi connectivity index (χ1) is 7.65. The van der Waals surface area contributed by atoms with E-state index in [2.05, 4.69) is 22.6 Å². The molecule has 1 rings (SSSR count). The molecule has 1 unspecified atom stereocenters. The van der Waals surface area contributed by atoms with Gasteiger partial charge in [-0.05, 0) is 13.3 Å². The number of carbonyl (C=O) groups excluding carboxylic acids is 1. The number of nitrogens with one attached hydrogen (secondary N) is 1. The predicted molar refractivity (Wildman–Crippen MR) is 58.5 cm³/mol. The van der Waals surface area contributed by atoms with Crippen LogP contribution in [0.4, 0.5) is 0 Å². The highest BCUT2D eigenvalue weighted by atomic mass is 16.3. The Balaban J connectivity index is 2.39. The molecule has 0 aliphatic rings. The van der Waals surface area contributed by atoms with Gasteiger partial charge in [0.15, 0.2) is 0 Å². The summed E-state index contributed by atoms with van der Waals surface area (Å²) in [4.78, 5) is 11.5. The van der Waals surface area contributed by atoms with Gasteiger partial charge in [0, 0.05) is 6.04 Å². The Hall–Kier alpha value is -1.43. The van der Waals surface area contributed by atoms with Gasteiger partial charge in [-0.2, -0.15) is 0 Å². The summed E-state index contributed by atoms with van der Waals surface area (Å²) in [6.07, 6.45) is 3.56. The van der Waals surface area contributed by atoms with Crippen LogP contribution >= 0.6 is 0 Å². The van der Waals surface area contributed by atoms with Crippen LogP contribution < -0.4 is 5.32 Å². The average molecular weight is 226 g/mol. The fourth-order valence-corrected chi connectivity index (χ4v) is 1.46. The van der Waals surface area contributed by atoms with Crippen LogP contribution in [0.1, 0.15) is 32.4 Å². The normalized spacial score (nSPS) is 12.4. The molecule has 0 aliphatic heterocycles. The second-order valence-electron chi connectivity index (χ2n) is 3.82. The van der Waals surface area contributed by atoms with E-state index in [1.165, 1.54) is 4.68 Å². The lowest BCUT2D eigenvalue weighted by atomic mass is 10.2. The molecule has 2 N–H and O–H groups in total. The molecule has 1 aromatic heterocycles. The van der Waals surface area contributed by atoms with Crippen molar-refractivity contribution in [3.63, 3.8) is 0 Å². The molecule has 0 aromatic carbocycles. The zero-order valence-electron chi connectivity index (χ0n) is 9.68. The monoisotopic (exact) mass is 226 g/mol. The van der Waals surface area contributed by atoms with Gasteiger partial charge < -0.3 is 10.4 Å². The number of hydrogen-bond donors (Lipinski definition) is 2. The van der Waals surface area contributed by atoms with E-state index in [-0.39, 0.29) is 25.1 Å². The minimum absolute atomic E-state index is 0.0876. The summed E-state index contributed by atoms with van der Waals surface area (Å²) in [6.45, 7) is 4.03. The highest BCUT2D eigenvalue weighted by Crippen LogP contribution is 1.96. The Kier molecular flexibility index (Phi) is 4.91. The van der Waals surface area contributed by atoms with E-state index in [1.807, 2.05) is 6.92 Å². The number of aliphatic hydroxyl groups is 1. The van der Waals surface area contributed by atoms with Gasteiger partial charge in [0.1, 0.15) is 12.2 Å². The molecular formula is C10H18N4O2. The lowest BCUT2D eigenvalue weighted by Crippen LogP contribution is -2.35. The molecule has 90 valence electrons. The first-order valence-corrected chi connectivity index (χ1v) is 5.45. The third-order valence-corrected chi connectivity index (χ3v) is 2.18. The van der Waals surface area contributed by atoms with Crippen molar-refractivity contribution < 1.29 is 9.90 Å². The molecule has 6 heteroatoms. The van der Waals surface area contributed by atoms with Gasteiger partial charge in [0.2, 0.25) is 5.91 Å². The largest absolute Gasteiger partial charge is 0.390 e. The topological polar surface area (TPSA) is 80.0 Å². The van der Waals surface area contributed by atoms with E-state index in [4.69, 9.17) is 5.11 Å². The zero-order chi connectivity index (χ0) is 12.0. The fourth-order valence-electron chi connectivity index (χ4n) is 1.46. The zero-order valence-corrected chi connectivity index (χ0v) is 9.68. The Labute approximate surface area is 94.7 Å². The maximum Gasteiger partial charge on any atom is 0.242 e. The van der Waals surface area contributed by atoms with Crippen molar-refractivity contribution >= 4 is 5.91 Å². The Morgan fingerprint density at radius 1 is 1.69 bits per heavy atom. The van der Waals surface area contributed by atoms with Gasteiger partial charge in [-0.25, -0.2) is 4.68 Å². The number of aliphatic hydroxyl groups excluding tert-OH is 1. The first-order valence-electron chi connectivity index (χ1n) is 5.45. The summed E-state index contributed by atoms with van der Waals surface area (Å²) >= 11 is 0.